The molecule has 0 spiro atoms. The molecule has 148 valence electrons. The molecule has 3 aromatic rings. The zero-order valence-electron chi connectivity index (χ0n) is 16.5. The number of aliphatic imine (C=N–C) groups is 1. The van der Waals surface area contributed by atoms with Crippen molar-refractivity contribution in [2.45, 2.75) is 25.7 Å². The summed E-state index contributed by atoms with van der Waals surface area (Å²) in [5.74, 6) is 2.24. The second-order valence-corrected chi connectivity index (χ2v) is 7.78. The quantitative estimate of drug-likeness (QED) is 0.435. The van der Waals surface area contributed by atoms with Crippen LogP contribution in [-0.4, -0.2) is 42.5 Å². The lowest BCUT2D eigenvalue weighted by molar-refractivity contribution is 0.444. The number of nitrogens with zero attached hydrogens (tertiary/aromatic N) is 3. The Morgan fingerprint density at radius 2 is 2.07 bits per heavy atom. The highest BCUT2D eigenvalue weighted by atomic mass is 32.1. The molecule has 0 saturated heterocycles. The highest BCUT2D eigenvalue weighted by Gasteiger charge is 2.14. The minimum absolute atomic E-state index is 0.358. The normalized spacial score (nSPS) is 12.7. The summed E-state index contributed by atoms with van der Waals surface area (Å²) < 4.78 is 5.42. The third-order valence-corrected chi connectivity index (χ3v) is 5.53. The fourth-order valence-electron chi connectivity index (χ4n) is 3.05. The molecule has 28 heavy (non-hydrogen) atoms. The Morgan fingerprint density at radius 3 is 2.79 bits per heavy atom. The van der Waals surface area contributed by atoms with E-state index < -0.39 is 0 Å². The summed E-state index contributed by atoms with van der Waals surface area (Å²) in [6.07, 6.45) is 5.34. The van der Waals surface area contributed by atoms with Gasteiger partial charge in [-0.3, -0.25) is 4.99 Å². The summed E-state index contributed by atoms with van der Waals surface area (Å²) in [6, 6.07) is 14.4. The van der Waals surface area contributed by atoms with Crippen LogP contribution in [0.25, 0.3) is 0 Å². The summed E-state index contributed by atoms with van der Waals surface area (Å²) in [5.41, 5.74) is 1.32. The number of hydrogen-bond acceptors (Lipinski definition) is 4. The van der Waals surface area contributed by atoms with Gasteiger partial charge in [-0.2, -0.15) is 0 Å². The van der Waals surface area contributed by atoms with Crippen LogP contribution in [-0.2, 0) is 12.8 Å². The van der Waals surface area contributed by atoms with Gasteiger partial charge in [-0.25, -0.2) is 4.98 Å². The van der Waals surface area contributed by atoms with Crippen LogP contribution in [0.2, 0.25) is 0 Å². The first kappa shape index (κ1) is 20.1. The van der Waals surface area contributed by atoms with Gasteiger partial charge in [0.1, 0.15) is 5.76 Å². The van der Waals surface area contributed by atoms with Gasteiger partial charge < -0.3 is 14.6 Å². The predicted octanol–water partition coefficient (Wildman–Crippen LogP) is 4.20. The van der Waals surface area contributed by atoms with Gasteiger partial charge in [-0.1, -0.05) is 37.3 Å². The van der Waals surface area contributed by atoms with Crippen LogP contribution in [0.1, 0.15) is 29.2 Å². The Balaban J connectivity index is 1.58. The number of thiazole rings is 1. The number of benzene rings is 1. The van der Waals surface area contributed by atoms with Crippen molar-refractivity contribution in [2.24, 2.45) is 4.99 Å². The monoisotopic (exact) mass is 396 g/mol. The number of likely N-dealkylation sites (N-methyl/N-ethyl adjacent to an activating group) is 1. The van der Waals surface area contributed by atoms with Crippen molar-refractivity contribution in [2.75, 3.05) is 26.7 Å². The number of aromatic nitrogens is 1. The lowest BCUT2D eigenvalue weighted by atomic mass is 10.1. The molecular weight excluding hydrogens is 368 g/mol. The number of nitrogens with one attached hydrogen (secondary N) is 1. The van der Waals surface area contributed by atoms with Gasteiger partial charge in [-0.05, 0) is 24.1 Å². The van der Waals surface area contributed by atoms with E-state index in [1.165, 1.54) is 5.56 Å². The highest BCUT2D eigenvalue weighted by molar-refractivity contribution is 7.09. The second kappa shape index (κ2) is 10.7. The zero-order valence-corrected chi connectivity index (χ0v) is 17.4. The number of furan rings is 1. The summed E-state index contributed by atoms with van der Waals surface area (Å²) in [4.78, 5) is 11.5. The van der Waals surface area contributed by atoms with Gasteiger partial charge in [0.05, 0.1) is 11.3 Å². The Labute approximate surface area is 171 Å². The molecule has 2 aromatic heterocycles. The van der Waals surface area contributed by atoms with E-state index in [1.54, 1.807) is 17.6 Å². The molecule has 3 rings (SSSR count). The van der Waals surface area contributed by atoms with E-state index in [4.69, 9.17) is 9.41 Å². The average molecular weight is 397 g/mol. The molecule has 0 radical (unpaired) electrons. The van der Waals surface area contributed by atoms with E-state index in [0.29, 0.717) is 12.5 Å². The molecule has 6 heteroatoms. The van der Waals surface area contributed by atoms with Crippen LogP contribution < -0.4 is 5.32 Å². The molecule has 1 N–H and O–H groups in total. The van der Waals surface area contributed by atoms with Crippen molar-refractivity contribution in [3.8, 4) is 0 Å². The van der Waals surface area contributed by atoms with Crippen molar-refractivity contribution in [1.82, 2.24) is 15.2 Å². The van der Waals surface area contributed by atoms with E-state index in [1.807, 2.05) is 29.8 Å². The number of rotatable bonds is 9. The van der Waals surface area contributed by atoms with Crippen molar-refractivity contribution < 1.29 is 4.42 Å². The average Bonchev–Trinajstić information content (AvgIpc) is 3.41. The first-order chi connectivity index (χ1) is 13.7. The van der Waals surface area contributed by atoms with Crippen LogP contribution in [0.15, 0.2) is 69.7 Å². The predicted molar refractivity (Wildman–Crippen MR) is 116 cm³/mol. The molecule has 0 bridgehead atoms. The van der Waals surface area contributed by atoms with Crippen molar-refractivity contribution >= 4 is 17.3 Å². The summed E-state index contributed by atoms with van der Waals surface area (Å²) in [7, 11) is 2.09. The maximum absolute atomic E-state index is 5.42. The fourth-order valence-corrected chi connectivity index (χ4v) is 3.74. The van der Waals surface area contributed by atoms with Gasteiger partial charge in [0.2, 0.25) is 0 Å². The molecule has 1 atom stereocenters. The lowest BCUT2D eigenvalue weighted by Crippen LogP contribution is -2.41. The van der Waals surface area contributed by atoms with Crippen molar-refractivity contribution in [3.63, 3.8) is 0 Å². The van der Waals surface area contributed by atoms with Crippen LogP contribution in [0.3, 0.4) is 0 Å². The van der Waals surface area contributed by atoms with Crippen LogP contribution in [0.4, 0.5) is 0 Å². The molecular formula is C22H28N4OS. The largest absolute Gasteiger partial charge is 0.469 e. The fraction of sp³-hybridized carbons (Fsp3) is 0.364. The van der Waals surface area contributed by atoms with Gasteiger partial charge >= 0.3 is 0 Å². The second-order valence-electron chi connectivity index (χ2n) is 6.85. The lowest BCUT2D eigenvalue weighted by Gasteiger charge is -2.25. The van der Waals surface area contributed by atoms with E-state index in [0.717, 1.165) is 42.7 Å². The maximum Gasteiger partial charge on any atom is 0.193 e. The SMILES string of the molecule is CC(CN(C)C(=NCCc1ccco1)NCCc1ccccc1)c1nccs1. The third kappa shape index (κ3) is 6.23. The molecule has 0 fully saturated rings. The summed E-state index contributed by atoms with van der Waals surface area (Å²) in [5, 5.41) is 6.72. The third-order valence-electron chi connectivity index (χ3n) is 4.52. The first-order valence-corrected chi connectivity index (χ1v) is 10.6. The molecule has 0 amide bonds. The first-order valence-electron chi connectivity index (χ1n) is 9.67. The van der Waals surface area contributed by atoms with E-state index in [9.17, 15) is 0 Å². The molecule has 0 saturated carbocycles. The zero-order chi connectivity index (χ0) is 19.6. The number of hydrogen-bond donors (Lipinski definition) is 1. The minimum atomic E-state index is 0.358. The van der Waals surface area contributed by atoms with Crippen molar-refractivity contribution in [1.29, 1.82) is 0 Å². The van der Waals surface area contributed by atoms with Gasteiger partial charge in [0, 0.05) is 50.6 Å². The molecule has 5 nitrogen and oxygen atoms in total. The molecule has 0 aliphatic rings. The van der Waals surface area contributed by atoms with Crippen LogP contribution in [0, 0.1) is 0 Å². The topological polar surface area (TPSA) is 53.7 Å². The highest BCUT2D eigenvalue weighted by Crippen LogP contribution is 2.18. The van der Waals surface area contributed by atoms with Crippen LogP contribution in [0.5, 0.6) is 0 Å². The summed E-state index contributed by atoms with van der Waals surface area (Å²) >= 11 is 1.71. The van der Waals surface area contributed by atoms with Gasteiger partial charge in [0.25, 0.3) is 0 Å². The molecule has 0 aliphatic heterocycles. The molecule has 2 heterocycles. The minimum Gasteiger partial charge on any atom is -0.469 e. The van der Waals surface area contributed by atoms with Crippen LogP contribution >= 0.6 is 11.3 Å². The van der Waals surface area contributed by atoms with Gasteiger partial charge in [0.15, 0.2) is 5.96 Å². The molecule has 1 unspecified atom stereocenters. The summed E-state index contributed by atoms with van der Waals surface area (Å²) in [6.45, 7) is 4.61. The standard InChI is InChI=1S/C22H28N4OS/c1-18(21-23-14-16-28-21)17-26(2)22(25-13-11-20-9-6-15-27-20)24-12-10-19-7-4-3-5-8-19/h3-9,14-16,18H,10-13,17H2,1-2H3,(H,24,25). The Morgan fingerprint density at radius 1 is 1.21 bits per heavy atom. The Hall–Kier alpha value is -2.60. The molecule has 0 aliphatic carbocycles. The van der Waals surface area contributed by atoms with Crippen molar-refractivity contribution in [3.05, 3.63) is 76.6 Å². The Kier molecular flexibility index (Phi) is 7.67. The number of guanidine groups is 1. The Bertz CT molecular complexity index is 816. The maximum atomic E-state index is 5.42. The van der Waals surface area contributed by atoms with E-state index in [-0.39, 0.29) is 0 Å². The van der Waals surface area contributed by atoms with E-state index >= 15 is 0 Å². The van der Waals surface area contributed by atoms with E-state index in [2.05, 4.69) is 53.4 Å². The smallest absolute Gasteiger partial charge is 0.193 e. The van der Waals surface area contributed by atoms with Gasteiger partial charge in [-0.15, -0.1) is 11.3 Å². The molecule has 1 aromatic carbocycles.